The predicted molar refractivity (Wildman–Crippen MR) is 88.8 cm³/mol. The zero-order chi connectivity index (χ0) is 16.7. The van der Waals surface area contributed by atoms with Crippen molar-refractivity contribution in [3.8, 4) is 0 Å². The lowest BCUT2D eigenvalue weighted by molar-refractivity contribution is -0.119. The van der Waals surface area contributed by atoms with E-state index in [0.29, 0.717) is 10.6 Å². The molecule has 120 valence electrons. The van der Waals surface area contributed by atoms with E-state index in [-0.39, 0.29) is 4.90 Å². The summed E-state index contributed by atoms with van der Waals surface area (Å²) < 4.78 is 26.1. The van der Waals surface area contributed by atoms with Gasteiger partial charge in [-0.2, -0.15) is 5.10 Å². The predicted octanol–water partition coefficient (Wildman–Crippen LogP) is 1.77. The molecule has 2 aromatic carbocycles. The summed E-state index contributed by atoms with van der Waals surface area (Å²) in [6.45, 7) is -0.420. The van der Waals surface area contributed by atoms with Gasteiger partial charge in [-0.05, 0) is 18.2 Å². The molecule has 2 N–H and O–H groups in total. The fraction of sp³-hybridized carbons (Fsp3) is 0.0667. The van der Waals surface area contributed by atoms with E-state index in [9.17, 15) is 13.2 Å². The van der Waals surface area contributed by atoms with Gasteiger partial charge in [0.05, 0.1) is 17.7 Å². The van der Waals surface area contributed by atoms with Crippen LogP contribution < -0.4 is 10.1 Å². The normalized spacial score (nSPS) is 11.5. The second-order valence-electron chi connectivity index (χ2n) is 4.45. The van der Waals surface area contributed by atoms with Gasteiger partial charge in [0.2, 0.25) is 10.0 Å². The summed E-state index contributed by atoms with van der Waals surface area (Å²) >= 11 is 5.93. The van der Waals surface area contributed by atoms with Gasteiger partial charge in [-0.1, -0.05) is 48.0 Å². The minimum absolute atomic E-state index is 0.0902. The minimum atomic E-state index is -3.72. The summed E-state index contributed by atoms with van der Waals surface area (Å²) in [5.41, 5.74) is 2.87. The average molecular weight is 352 g/mol. The first-order valence-corrected chi connectivity index (χ1v) is 8.46. The number of halogens is 1. The lowest BCUT2D eigenvalue weighted by Crippen LogP contribution is -2.34. The van der Waals surface area contributed by atoms with Crippen LogP contribution in [0, 0.1) is 0 Å². The molecule has 0 saturated carbocycles. The summed E-state index contributed by atoms with van der Waals surface area (Å²) in [5.74, 6) is -0.590. The molecule has 0 spiro atoms. The van der Waals surface area contributed by atoms with E-state index in [2.05, 4.69) is 15.2 Å². The van der Waals surface area contributed by atoms with Crippen LogP contribution in [0.5, 0.6) is 0 Å². The Kier molecular flexibility index (Phi) is 5.86. The van der Waals surface area contributed by atoms with Crippen LogP contribution in [0.2, 0.25) is 5.02 Å². The first-order valence-electron chi connectivity index (χ1n) is 6.60. The molecular formula is C15H14ClN3O3S. The van der Waals surface area contributed by atoms with E-state index in [1.54, 1.807) is 42.5 Å². The molecular weight excluding hydrogens is 338 g/mol. The lowest BCUT2D eigenvalue weighted by atomic mass is 10.2. The third kappa shape index (κ3) is 5.17. The maximum Gasteiger partial charge on any atom is 0.255 e. The van der Waals surface area contributed by atoms with Crippen LogP contribution in [-0.2, 0) is 14.8 Å². The van der Waals surface area contributed by atoms with Gasteiger partial charge < -0.3 is 0 Å². The van der Waals surface area contributed by atoms with Crippen molar-refractivity contribution in [2.45, 2.75) is 4.90 Å². The van der Waals surface area contributed by atoms with E-state index in [1.165, 1.54) is 18.3 Å². The number of carbonyl (C=O) groups is 1. The van der Waals surface area contributed by atoms with E-state index in [1.807, 2.05) is 0 Å². The Hall–Kier alpha value is -2.22. The third-order valence-electron chi connectivity index (χ3n) is 2.77. The second-order valence-corrected chi connectivity index (χ2v) is 6.63. The number of nitrogens with zero attached hydrogens (tertiary/aromatic N) is 1. The molecule has 0 aliphatic carbocycles. The SMILES string of the molecule is O=C(CNS(=O)(=O)c1ccccc1)N/N=C/c1ccccc1Cl. The molecule has 0 radical (unpaired) electrons. The van der Waals surface area contributed by atoms with Crippen LogP contribution in [0.15, 0.2) is 64.6 Å². The van der Waals surface area contributed by atoms with Crippen LogP contribution in [0.25, 0.3) is 0 Å². The molecule has 2 aromatic rings. The van der Waals surface area contributed by atoms with Crippen LogP contribution in [0.1, 0.15) is 5.56 Å². The Morgan fingerprint density at radius 2 is 1.74 bits per heavy atom. The van der Waals surface area contributed by atoms with Crippen LogP contribution in [-0.4, -0.2) is 27.1 Å². The molecule has 0 aromatic heterocycles. The van der Waals surface area contributed by atoms with Crippen LogP contribution >= 0.6 is 11.6 Å². The number of amides is 1. The van der Waals surface area contributed by atoms with Crippen molar-refractivity contribution in [2.75, 3.05) is 6.54 Å². The number of benzene rings is 2. The van der Waals surface area contributed by atoms with Gasteiger partial charge in [0.15, 0.2) is 0 Å². The number of hydrazone groups is 1. The monoisotopic (exact) mass is 351 g/mol. The van der Waals surface area contributed by atoms with Crippen molar-refractivity contribution in [2.24, 2.45) is 5.10 Å². The van der Waals surface area contributed by atoms with Crippen molar-refractivity contribution in [3.05, 3.63) is 65.2 Å². The second kappa shape index (κ2) is 7.87. The standard InChI is InChI=1S/C15H14ClN3O3S/c16-14-9-5-4-6-12(14)10-17-19-15(20)11-18-23(21,22)13-7-2-1-3-8-13/h1-10,18H,11H2,(H,19,20)/b17-10+. The molecule has 23 heavy (non-hydrogen) atoms. The molecule has 0 unspecified atom stereocenters. The number of rotatable bonds is 6. The van der Waals surface area contributed by atoms with Gasteiger partial charge in [0.25, 0.3) is 5.91 Å². The largest absolute Gasteiger partial charge is 0.272 e. The van der Waals surface area contributed by atoms with Crippen molar-refractivity contribution >= 4 is 33.7 Å². The van der Waals surface area contributed by atoms with E-state index < -0.39 is 22.5 Å². The van der Waals surface area contributed by atoms with Crippen molar-refractivity contribution in [3.63, 3.8) is 0 Å². The average Bonchev–Trinajstić information content (AvgIpc) is 2.56. The van der Waals surface area contributed by atoms with E-state index >= 15 is 0 Å². The van der Waals surface area contributed by atoms with Crippen molar-refractivity contribution in [1.29, 1.82) is 0 Å². The molecule has 0 fully saturated rings. The molecule has 0 aliphatic rings. The summed E-state index contributed by atoms with van der Waals surface area (Å²) in [4.78, 5) is 11.7. The maximum absolute atomic E-state index is 11.9. The van der Waals surface area contributed by atoms with Gasteiger partial charge in [-0.3, -0.25) is 4.79 Å². The number of hydrogen-bond donors (Lipinski definition) is 2. The Labute approximate surface area is 139 Å². The highest BCUT2D eigenvalue weighted by molar-refractivity contribution is 7.89. The number of carbonyl (C=O) groups excluding carboxylic acids is 1. The number of nitrogens with one attached hydrogen (secondary N) is 2. The molecule has 0 saturated heterocycles. The van der Waals surface area contributed by atoms with Gasteiger partial charge in [-0.15, -0.1) is 0 Å². The van der Waals surface area contributed by atoms with Gasteiger partial charge in [0.1, 0.15) is 0 Å². The topological polar surface area (TPSA) is 87.6 Å². The summed E-state index contributed by atoms with van der Waals surface area (Å²) in [5, 5.41) is 4.23. The highest BCUT2D eigenvalue weighted by Crippen LogP contribution is 2.12. The van der Waals surface area contributed by atoms with Gasteiger partial charge in [-0.25, -0.2) is 18.6 Å². The molecule has 1 amide bonds. The molecule has 8 heteroatoms. The molecule has 2 rings (SSSR count). The summed E-state index contributed by atoms with van der Waals surface area (Å²) in [6.07, 6.45) is 1.38. The smallest absolute Gasteiger partial charge is 0.255 e. The highest BCUT2D eigenvalue weighted by atomic mass is 35.5. The molecule has 6 nitrogen and oxygen atoms in total. The molecule has 0 aliphatic heterocycles. The third-order valence-corrected chi connectivity index (χ3v) is 4.54. The Morgan fingerprint density at radius 1 is 1.09 bits per heavy atom. The number of hydrogen-bond acceptors (Lipinski definition) is 4. The highest BCUT2D eigenvalue weighted by Gasteiger charge is 2.14. The van der Waals surface area contributed by atoms with Crippen molar-refractivity contribution < 1.29 is 13.2 Å². The number of sulfonamides is 1. The fourth-order valence-corrected chi connectivity index (χ4v) is 2.82. The van der Waals surface area contributed by atoms with E-state index in [0.717, 1.165) is 0 Å². The van der Waals surface area contributed by atoms with Crippen molar-refractivity contribution in [1.82, 2.24) is 10.1 Å². The van der Waals surface area contributed by atoms with Gasteiger partial charge in [0, 0.05) is 10.6 Å². The molecule has 0 atom stereocenters. The Balaban J connectivity index is 1.87. The first-order chi connectivity index (χ1) is 11.0. The summed E-state index contributed by atoms with van der Waals surface area (Å²) in [6, 6.07) is 14.8. The zero-order valence-electron chi connectivity index (χ0n) is 11.9. The zero-order valence-corrected chi connectivity index (χ0v) is 13.5. The fourth-order valence-electron chi connectivity index (χ4n) is 1.64. The Morgan fingerprint density at radius 3 is 2.43 bits per heavy atom. The lowest BCUT2D eigenvalue weighted by Gasteiger charge is -2.05. The van der Waals surface area contributed by atoms with Gasteiger partial charge >= 0.3 is 0 Å². The first kappa shape index (κ1) is 17.1. The quantitative estimate of drug-likeness (QED) is 0.614. The van der Waals surface area contributed by atoms with Crippen LogP contribution in [0.4, 0.5) is 0 Å². The van der Waals surface area contributed by atoms with Crippen LogP contribution in [0.3, 0.4) is 0 Å². The minimum Gasteiger partial charge on any atom is -0.272 e. The maximum atomic E-state index is 11.9. The van der Waals surface area contributed by atoms with E-state index in [4.69, 9.17) is 11.6 Å². The Bertz CT molecular complexity index is 808. The summed E-state index contributed by atoms with van der Waals surface area (Å²) in [7, 11) is -3.72. The molecule has 0 bridgehead atoms. The molecule has 0 heterocycles.